The van der Waals surface area contributed by atoms with Gasteiger partial charge in [0.1, 0.15) is 0 Å². The third-order valence-corrected chi connectivity index (χ3v) is 14.4. The van der Waals surface area contributed by atoms with Crippen molar-refractivity contribution < 1.29 is 0 Å². The fourth-order valence-electron chi connectivity index (χ4n) is 4.21. The van der Waals surface area contributed by atoms with E-state index in [0.717, 1.165) is 5.66 Å². The van der Waals surface area contributed by atoms with Gasteiger partial charge in [-0.05, 0) is 0 Å². The first-order chi connectivity index (χ1) is 9.59. The van der Waals surface area contributed by atoms with E-state index in [1.807, 2.05) is 0 Å². The summed E-state index contributed by atoms with van der Waals surface area (Å²) in [7, 11) is 0. The van der Waals surface area contributed by atoms with Gasteiger partial charge in [0.05, 0.1) is 0 Å². The molecule has 0 spiro atoms. The van der Waals surface area contributed by atoms with E-state index in [4.69, 9.17) is 11.2 Å². The Bertz CT molecular complexity index is 234. The summed E-state index contributed by atoms with van der Waals surface area (Å²) in [5.41, 5.74) is 0.904. The Morgan fingerprint density at radius 2 is 1.15 bits per heavy atom. The van der Waals surface area contributed by atoms with Gasteiger partial charge in [-0.2, -0.15) is 0 Å². The SMILES string of the molecule is CCCCP(Cl)(CCCC)(CCCC)C1CCCCC1. The average Bonchev–Trinajstić information content (AvgIpc) is 2.50. The Balaban J connectivity index is 2.94. The van der Waals surface area contributed by atoms with Gasteiger partial charge in [0.15, 0.2) is 0 Å². The molecule has 0 heterocycles. The van der Waals surface area contributed by atoms with Gasteiger partial charge in [0, 0.05) is 0 Å². The van der Waals surface area contributed by atoms with Gasteiger partial charge in [-0.1, -0.05) is 0 Å². The predicted molar refractivity (Wildman–Crippen MR) is 99.0 cm³/mol. The van der Waals surface area contributed by atoms with Crippen LogP contribution in [0.5, 0.6) is 0 Å². The molecule has 0 nitrogen and oxygen atoms in total. The molecule has 1 fully saturated rings. The van der Waals surface area contributed by atoms with Crippen LogP contribution in [0.4, 0.5) is 0 Å². The molecule has 1 aliphatic carbocycles. The summed E-state index contributed by atoms with van der Waals surface area (Å²) in [5.74, 6) is -1.98. The average molecular weight is 321 g/mol. The zero-order valence-corrected chi connectivity index (χ0v) is 16.0. The summed E-state index contributed by atoms with van der Waals surface area (Å²) < 4.78 is 0. The third kappa shape index (κ3) is 4.88. The maximum absolute atomic E-state index is 7.74. The van der Waals surface area contributed by atoms with E-state index in [1.165, 1.54) is 89.1 Å². The van der Waals surface area contributed by atoms with Crippen LogP contribution < -0.4 is 0 Å². The predicted octanol–water partition coefficient (Wildman–Crippen LogP) is 7.43. The van der Waals surface area contributed by atoms with Crippen LogP contribution in [0.2, 0.25) is 0 Å². The van der Waals surface area contributed by atoms with Gasteiger partial charge in [0.25, 0.3) is 0 Å². The molecule has 0 radical (unpaired) electrons. The summed E-state index contributed by atoms with van der Waals surface area (Å²) in [4.78, 5) is 0. The molecule has 0 saturated heterocycles. The van der Waals surface area contributed by atoms with E-state index >= 15 is 0 Å². The molecule has 1 saturated carbocycles. The molecule has 20 heavy (non-hydrogen) atoms. The van der Waals surface area contributed by atoms with Crippen molar-refractivity contribution in [1.29, 1.82) is 0 Å². The van der Waals surface area contributed by atoms with Crippen molar-refractivity contribution in [3.63, 3.8) is 0 Å². The van der Waals surface area contributed by atoms with Crippen molar-refractivity contribution in [2.75, 3.05) is 18.5 Å². The van der Waals surface area contributed by atoms with E-state index in [-0.39, 0.29) is 0 Å². The minimum absolute atomic E-state index is 0.904. The molecule has 0 atom stereocenters. The van der Waals surface area contributed by atoms with E-state index in [0.29, 0.717) is 0 Å². The van der Waals surface area contributed by atoms with Gasteiger partial charge >= 0.3 is 133 Å². The van der Waals surface area contributed by atoms with Crippen molar-refractivity contribution in [1.82, 2.24) is 0 Å². The molecular formula is C18H38ClP. The first kappa shape index (κ1) is 18.8. The van der Waals surface area contributed by atoms with Crippen molar-refractivity contribution in [2.24, 2.45) is 0 Å². The van der Waals surface area contributed by atoms with Crippen molar-refractivity contribution >= 4 is 17.2 Å². The summed E-state index contributed by atoms with van der Waals surface area (Å²) in [6.07, 6.45) is 19.4. The molecular weight excluding hydrogens is 283 g/mol. The van der Waals surface area contributed by atoms with Gasteiger partial charge in [-0.15, -0.1) is 0 Å². The standard InChI is InChI=1S/C18H38ClP/c1-4-7-15-20(19,16-8-5-2,17-9-6-3)18-13-11-10-12-14-18/h18H,4-17H2,1-3H3. The Morgan fingerprint density at radius 3 is 1.50 bits per heavy atom. The van der Waals surface area contributed by atoms with Crippen LogP contribution in [0.25, 0.3) is 0 Å². The number of hydrogen-bond donors (Lipinski definition) is 0. The number of hydrogen-bond acceptors (Lipinski definition) is 0. The van der Waals surface area contributed by atoms with E-state index in [9.17, 15) is 0 Å². The number of unbranched alkanes of at least 4 members (excludes halogenated alkanes) is 3. The molecule has 0 unspecified atom stereocenters. The van der Waals surface area contributed by atoms with E-state index in [2.05, 4.69) is 20.8 Å². The van der Waals surface area contributed by atoms with Crippen LogP contribution in [0, 0.1) is 0 Å². The quantitative estimate of drug-likeness (QED) is 0.367. The molecule has 0 amide bonds. The van der Waals surface area contributed by atoms with Crippen LogP contribution in [0.15, 0.2) is 0 Å². The monoisotopic (exact) mass is 320 g/mol. The first-order valence-corrected chi connectivity index (χ1v) is 13.1. The Kier molecular flexibility index (Phi) is 8.44. The molecule has 0 aromatic rings. The zero-order chi connectivity index (χ0) is 14.9. The molecule has 122 valence electrons. The summed E-state index contributed by atoms with van der Waals surface area (Å²) >= 11 is 7.74. The summed E-state index contributed by atoms with van der Waals surface area (Å²) in [6.45, 7) is 7.00. The minimum atomic E-state index is -1.98. The van der Waals surface area contributed by atoms with Crippen molar-refractivity contribution in [2.45, 2.75) is 97.1 Å². The van der Waals surface area contributed by atoms with Crippen LogP contribution in [-0.2, 0) is 0 Å². The second kappa shape index (κ2) is 8.99. The molecule has 0 aromatic heterocycles. The zero-order valence-electron chi connectivity index (χ0n) is 14.3. The molecule has 0 aromatic carbocycles. The first-order valence-electron chi connectivity index (χ1n) is 9.31. The number of rotatable bonds is 10. The van der Waals surface area contributed by atoms with Gasteiger partial charge in [0.2, 0.25) is 0 Å². The maximum atomic E-state index is 7.74. The molecule has 0 bridgehead atoms. The van der Waals surface area contributed by atoms with Gasteiger partial charge in [-0.25, -0.2) is 0 Å². The summed E-state index contributed by atoms with van der Waals surface area (Å²) in [6, 6.07) is 0. The normalized spacial score (nSPS) is 19.7. The topological polar surface area (TPSA) is 0 Å². The molecule has 1 aliphatic rings. The third-order valence-electron chi connectivity index (χ3n) is 5.61. The Hall–Kier alpha value is 0.720. The van der Waals surface area contributed by atoms with Crippen LogP contribution >= 0.6 is 17.2 Å². The fraction of sp³-hybridized carbons (Fsp3) is 1.00. The second-order valence-electron chi connectivity index (χ2n) is 7.20. The van der Waals surface area contributed by atoms with E-state index < -0.39 is 5.96 Å². The molecule has 1 rings (SSSR count). The van der Waals surface area contributed by atoms with Crippen molar-refractivity contribution in [3.05, 3.63) is 0 Å². The Morgan fingerprint density at radius 1 is 0.750 bits per heavy atom. The summed E-state index contributed by atoms with van der Waals surface area (Å²) in [5, 5.41) is 0. The van der Waals surface area contributed by atoms with Crippen LogP contribution in [0.1, 0.15) is 91.4 Å². The van der Waals surface area contributed by atoms with Crippen LogP contribution in [0.3, 0.4) is 0 Å². The van der Waals surface area contributed by atoms with Gasteiger partial charge in [-0.3, -0.25) is 0 Å². The Labute approximate surface area is 133 Å². The second-order valence-corrected chi connectivity index (χ2v) is 15.4. The molecule has 0 N–H and O–H groups in total. The van der Waals surface area contributed by atoms with E-state index in [1.54, 1.807) is 0 Å². The molecule has 0 aliphatic heterocycles. The number of halogens is 1. The van der Waals surface area contributed by atoms with Crippen LogP contribution in [-0.4, -0.2) is 24.1 Å². The fourth-order valence-corrected chi connectivity index (χ4v) is 12.5. The molecule has 2 heteroatoms. The van der Waals surface area contributed by atoms with Gasteiger partial charge < -0.3 is 0 Å². The van der Waals surface area contributed by atoms with Crippen molar-refractivity contribution in [3.8, 4) is 0 Å².